The number of anilines is 1. The highest BCUT2D eigenvalue weighted by Crippen LogP contribution is 2.55. The molecular weight excluding hydrogens is 426 g/mol. The molecule has 2 aromatic heterocycles. The van der Waals surface area contributed by atoms with Gasteiger partial charge in [0.1, 0.15) is 6.07 Å². The molecular formula is C27H25N5O2. The summed E-state index contributed by atoms with van der Waals surface area (Å²) in [6.07, 6.45) is 2.72. The van der Waals surface area contributed by atoms with Crippen LogP contribution in [0.3, 0.4) is 0 Å². The molecule has 2 unspecified atom stereocenters. The van der Waals surface area contributed by atoms with Crippen LogP contribution in [0.4, 0.5) is 5.88 Å². The van der Waals surface area contributed by atoms with Crippen LogP contribution in [0.2, 0.25) is 0 Å². The highest BCUT2D eigenvalue weighted by molar-refractivity contribution is 5.54. The summed E-state index contributed by atoms with van der Waals surface area (Å²) >= 11 is 0. The van der Waals surface area contributed by atoms with E-state index in [4.69, 9.17) is 8.94 Å². The molecule has 1 saturated carbocycles. The first-order valence-electron chi connectivity index (χ1n) is 11.8. The van der Waals surface area contributed by atoms with E-state index in [1.807, 2.05) is 30.3 Å². The number of nitriles is 1. The van der Waals surface area contributed by atoms with Crippen LogP contribution < -0.4 is 4.90 Å². The molecule has 170 valence electrons. The molecule has 4 aromatic rings. The van der Waals surface area contributed by atoms with E-state index >= 15 is 0 Å². The monoisotopic (exact) mass is 451 g/mol. The minimum absolute atomic E-state index is 0.196. The van der Waals surface area contributed by atoms with Crippen LogP contribution >= 0.6 is 0 Å². The Kier molecular flexibility index (Phi) is 5.14. The summed E-state index contributed by atoms with van der Waals surface area (Å²) in [5.41, 5.74) is 3.84. The zero-order valence-corrected chi connectivity index (χ0v) is 19.0. The van der Waals surface area contributed by atoms with Crippen molar-refractivity contribution in [2.24, 2.45) is 0 Å². The Balaban J connectivity index is 1.13. The molecule has 0 amide bonds. The Bertz CT molecular complexity index is 1330. The maximum absolute atomic E-state index is 9.67. The first-order chi connectivity index (χ1) is 16.7. The minimum Gasteiger partial charge on any atom is -0.423 e. The van der Waals surface area contributed by atoms with Gasteiger partial charge in [-0.3, -0.25) is 0 Å². The third-order valence-corrected chi connectivity index (χ3v) is 6.95. The van der Waals surface area contributed by atoms with Crippen molar-refractivity contribution in [3.05, 3.63) is 83.2 Å². The fourth-order valence-electron chi connectivity index (χ4n) is 4.86. The average Bonchev–Trinajstić information content (AvgIpc) is 3.32. The second-order valence-electron chi connectivity index (χ2n) is 9.26. The van der Waals surface area contributed by atoms with Gasteiger partial charge in [0, 0.05) is 30.5 Å². The van der Waals surface area contributed by atoms with Crippen LogP contribution in [0.25, 0.3) is 11.4 Å². The molecule has 7 heteroatoms. The number of hydrogen-bond acceptors (Lipinski definition) is 7. The third kappa shape index (κ3) is 3.86. The van der Waals surface area contributed by atoms with Gasteiger partial charge in [-0.15, -0.1) is 0 Å². The summed E-state index contributed by atoms with van der Waals surface area (Å²) in [4.78, 5) is 11.3. The lowest BCUT2D eigenvalue weighted by molar-refractivity contribution is 0.326. The van der Waals surface area contributed by atoms with Gasteiger partial charge in [-0.05, 0) is 37.7 Å². The number of rotatable bonds is 5. The summed E-state index contributed by atoms with van der Waals surface area (Å²) in [6.45, 7) is 3.56. The van der Waals surface area contributed by atoms with Crippen LogP contribution in [0, 0.1) is 18.3 Å². The van der Waals surface area contributed by atoms with Gasteiger partial charge in [-0.2, -0.15) is 10.2 Å². The third-order valence-electron chi connectivity index (χ3n) is 6.95. The van der Waals surface area contributed by atoms with Gasteiger partial charge < -0.3 is 13.8 Å². The van der Waals surface area contributed by atoms with Crippen molar-refractivity contribution in [2.45, 2.75) is 43.9 Å². The summed E-state index contributed by atoms with van der Waals surface area (Å²) < 4.78 is 11.8. The standard InChI is InChI=1S/C27H25N5O2/c1-17-7-9-19(10-8-17)24-30-25(34-31-24)20-11-13-32(14-12-20)27-23(16-28)29-26(33-27)22-15-21(22)18-5-3-2-4-6-18/h2-10,20-22H,11-15H2,1H3. The molecule has 1 aliphatic heterocycles. The van der Waals surface area contributed by atoms with Gasteiger partial charge in [-0.25, -0.2) is 4.98 Å². The Labute approximate surface area is 198 Å². The zero-order valence-electron chi connectivity index (χ0n) is 19.0. The Morgan fingerprint density at radius 3 is 2.44 bits per heavy atom. The molecule has 2 aromatic carbocycles. The normalized spacial score (nSPS) is 20.3. The predicted molar refractivity (Wildman–Crippen MR) is 126 cm³/mol. The number of nitrogens with zero attached hydrogens (tertiary/aromatic N) is 5. The first-order valence-corrected chi connectivity index (χ1v) is 11.8. The fraction of sp³-hybridized carbons (Fsp3) is 0.333. The number of oxazole rings is 1. The van der Waals surface area contributed by atoms with E-state index in [1.165, 1.54) is 11.1 Å². The number of benzene rings is 2. The molecule has 1 saturated heterocycles. The van der Waals surface area contributed by atoms with E-state index in [0.717, 1.165) is 37.9 Å². The highest BCUT2D eigenvalue weighted by atomic mass is 16.5. The summed E-state index contributed by atoms with van der Waals surface area (Å²) in [6, 6.07) is 20.8. The molecule has 7 nitrogen and oxygen atoms in total. The van der Waals surface area contributed by atoms with Crippen LogP contribution in [0.5, 0.6) is 0 Å². The molecule has 1 aliphatic carbocycles. The average molecular weight is 452 g/mol. The van der Waals surface area contributed by atoms with Crippen LogP contribution in [0.1, 0.15) is 65.6 Å². The maximum Gasteiger partial charge on any atom is 0.234 e. The van der Waals surface area contributed by atoms with Crippen molar-refractivity contribution < 1.29 is 8.94 Å². The smallest absolute Gasteiger partial charge is 0.234 e. The SMILES string of the molecule is Cc1ccc(-c2noc(C3CCN(c4oc(C5CC5c5ccccc5)nc4C#N)CC3)n2)cc1. The maximum atomic E-state index is 9.67. The van der Waals surface area contributed by atoms with Crippen LogP contribution in [-0.4, -0.2) is 28.2 Å². The van der Waals surface area contributed by atoms with Crippen molar-refractivity contribution in [3.63, 3.8) is 0 Å². The second kappa shape index (κ2) is 8.45. The molecule has 0 radical (unpaired) electrons. The number of hydrogen-bond donors (Lipinski definition) is 0. The van der Waals surface area contributed by atoms with Gasteiger partial charge in [0.15, 0.2) is 0 Å². The van der Waals surface area contributed by atoms with Gasteiger partial charge >= 0.3 is 0 Å². The summed E-state index contributed by atoms with van der Waals surface area (Å²) in [5, 5.41) is 13.9. The molecule has 2 fully saturated rings. The van der Waals surface area contributed by atoms with Gasteiger partial charge in [-0.1, -0.05) is 65.3 Å². The van der Waals surface area contributed by atoms with E-state index in [2.05, 4.69) is 57.3 Å². The minimum atomic E-state index is 0.196. The van der Waals surface area contributed by atoms with E-state index in [-0.39, 0.29) is 11.8 Å². The van der Waals surface area contributed by atoms with Crippen molar-refractivity contribution in [2.75, 3.05) is 18.0 Å². The Morgan fingerprint density at radius 2 is 1.71 bits per heavy atom. The van der Waals surface area contributed by atoms with Crippen LogP contribution in [0.15, 0.2) is 63.5 Å². The lowest BCUT2D eigenvalue weighted by atomic mass is 9.97. The number of piperidine rings is 1. The first kappa shape index (κ1) is 20.7. The number of aromatic nitrogens is 3. The molecule has 0 bridgehead atoms. The molecule has 2 aliphatic rings. The van der Waals surface area contributed by atoms with Crippen molar-refractivity contribution in [1.29, 1.82) is 5.26 Å². The second-order valence-corrected chi connectivity index (χ2v) is 9.26. The van der Waals surface area contributed by atoms with Gasteiger partial charge in [0.05, 0.1) is 0 Å². The fourth-order valence-corrected chi connectivity index (χ4v) is 4.86. The quantitative estimate of drug-likeness (QED) is 0.392. The Morgan fingerprint density at radius 1 is 0.941 bits per heavy atom. The van der Waals surface area contributed by atoms with E-state index in [1.54, 1.807) is 0 Å². The molecule has 2 atom stereocenters. The number of aryl methyl sites for hydroxylation is 1. The Hall–Kier alpha value is -3.92. The summed E-state index contributed by atoms with van der Waals surface area (Å²) in [5.74, 6) is 3.45. The molecule has 34 heavy (non-hydrogen) atoms. The van der Waals surface area contributed by atoms with E-state index < -0.39 is 0 Å². The van der Waals surface area contributed by atoms with Crippen molar-refractivity contribution in [1.82, 2.24) is 15.1 Å². The molecule has 0 spiro atoms. The molecule has 6 rings (SSSR count). The molecule has 3 heterocycles. The predicted octanol–water partition coefficient (Wildman–Crippen LogP) is 5.56. The van der Waals surface area contributed by atoms with Gasteiger partial charge in [0.2, 0.25) is 29.2 Å². The van der Waals surface area contributed by atoms with Crippen LogP contribution in [-0.2, 0) is 0 Å². The van der Waals surface area contributed by atoms with E-state index in [0.29, 0.717) is 35.1 Å². The van der Waals surface area contributed by atoms with Gasteiger partial charge in [0.25, 0.3) is 0 Å². The van der Waals surface area contributed by atoms with Crippen molar-refractivity contribution in [3.8, 4) is 17.5 Å². The highest BCUT2D eigenvalue weighted by Gasteiger charge is 2.44. The topological polar surface area (TPSA) is 92.0 Å². The lowest BCUT2D eigenvalue weighted by Crippen LogP contribution is -2.33. The zero-order chi connectivity index (χ0) is 23.1. The lowest BCUT2D eigenvalue weighted by Gasteiger charge is -2.29. The van der Waals surface area contributed by atoms with Crippen molar-refractivity contribution >= 4 is 5.88 Å². The van der Waals surface area contributed by atoms with E-state index in [9.17, 15) is 5.26 Å². The largest absolute Gasteiger partial charge is 0.423 e. The molecule has 0 N–H and O–H groups in total. The summed E-state index contributed by atoms with van der Waals surface area (Å²) in [7, 11) is 0.